The number of nitrogens with zero attached hydrogens (tertiary/aromatic N) is 3. The molecule has 0 spiro atoms. The van der Waals surface area contributed by atoms with Crippen LogP contribution in [-0.2, 0) is 4.74 Å². The standard InChI is InChI=1S/C21H19BrN4O4/c1-30-11-3-10-25-20(14-4-2-5-16(12-14)26(28)29)17-18(23-24-19(17)21(25)27)13-6-8-15(22)9-7-13/h2,4-9,12,20H,3,10-11H2,1H3,(H,23,24). The quantitative estimate of drug-likeness (QED) is 0.314. The first kappa shape index (κ1) is 20.2. The molecule has 1 aromatic heterocycles. The maximum atomic E-state index is 13.2. The number of halogens is 1. The number of carbonyl (C=O) groups excluding carboxylic acids is 1. The number of H-pyrrole nitrogens is 1. The predicted octanol–water partition coefficient (Wildman–Crippen LogP) is 4.33. The monoisotopic (exact) mass is 470 g/mol. The number of aromatic nitrogens is 2. The van der Waals surface area contributed by atoms with Crippen molar-refractivity contribution >= 4 is 27.5 Å². The van der Waals surface area contributed by atoms with Gasteiger partial charge in [0, 0.05) is 48.0 Å². The summed E-state index contributed by atoms with van der Waals surface area (Å²) in [6.07, 6.45) is 0.652. The summed E-state index contributed by atoms with van der Waals surface area (Å²) in [4.78, 5) is 25.8. The topological polar surface area (TPSA) is 101 Å². The summed E-state index contributed by atoms with van der Waals surface area (Å²) >= 11 is 3.43. The fraction of sp³-hybridized carbons (Fsp3) is 0.238. The van der Waals surface area contributed by atoms with Gasteiger partial charge in [-0.2, -0.15) is 5.10 Å². The van der Waals surface area contributed by atoms with Crippen molar-refractivity contribution in [1.82, 2.24) is 15.1 Å². The van der Waals surface area contributed by atoms with Gasteiger partial charge in [-0.25, -0.2) is 0 Å². The Morgan fingerprint density at radius 2 is 2.03 bits per heavy atom. The smallest absolute Gasteiger partial charge is 0.273 e. The molecule has 3 aromatic rings. The molecule has 0 saturated heterocycles. The van der Waals surface area contributed by atoms with Gasteiger partial charge < -0.3 is 9.64 Å². The van der Waals surface area contributed by atoms with Gasteiger partial charge in [0.05, 0.1) is 16.7 Å². The van der Waals surface area contributed by atoms with E-state index in [2.05, 4.69) is 26.1 Å². The zero-order valence-electron chi connectivity index (χ0n) is 16.2. The van der Waals surface area contributed by atoms with Crippen molar-refractivity contribution in [2.45, 2.75) is 12.5 Å². The highest BCUT2D eigenvalue weighted by Gasteiger charge is 2.42. The highest BCUT2D eigenvalue weighted by molar-refractivity contribution is 9.10. The number of fused-ring (bicyclic) bond motifs is 1. The van der Waals surface area contributed by atoms with Crippen LogP contribution >= 0.6 is 15.9 Å². The van der Waals surface area contributed by atoms with E-state index < -0.39 is 11.0 Å². The molecule has 154 valence electrons. The minimum absolute atomic E-state index is 0.0149. The molecule has 2 heterocycles. The number of methoxy groups -OCH3 is 1. The van der Waals surface area contributed by atoms with Crippen molar-refractivity contribution in [1.29, 1.82) is 0 Å². The number of nitro benzene ring substituents is 1. The molecular weight excluding hydrogens is 452 g/mol. The van der Waals surface area contributed by atoms with Gasteiger partial charge in [-0.15, -0.1) is 0 Å². The molecule has 2 aromatic carbocycles. The van der Waals surface area contributed by atoms with E-state index in [1.54, 1.807) is 18.1 Å². The number of hydrogen-bond donors (Lipinski definition) is 1. The summed E-state index contributed by atoms with van der Waals surface area (Å²) in [5.41, 5.74) is 3.34. The summed E-state index contributed by atoms with van der Waals surface area (Å²) in [6.45, 7) is 0.972. The number of ether oxygens (including phenoxy) is 1. The molecule has 30 heavy (non-hydrogen) atoms. The van der Waals surface area contributed by atoms with Crippen LogP contribution < -0.4 is 0 Å². The zero-order chi connectivity index (χ0) is 21.3. The number of benzene rings is 2. The third kappa shape index (κ3) is 3.61. The molecular formula is C21H19BrN4O4. The van der Waals surface area contributed by atoms with Gasteiger partial charge in [0.15, 0.2) is 0 Å². The van der Waals surface area contributed by atoms with Gasteiger partial charge in [0.25, 0.3) is 11.6 Å². The second-order valence-corrected chi connectivity index (χ2v) is 7.88. The molecule has 1 unspecified atom stereocenters. The van der Waals surface area contributed by atoms with Crippen LogP contribution in [0.5, 0.6) is 0 Å². The van der Waals surface area contributed by atoms with Gasteiger partial charge >= 0.3 is 0 Å². The molecule has 0 saturated carbocycles. The van der Waals surface area contributed by atoms with Gasteiger partial charge in [-0.1, -0.05) is 40.2 Å². The number of aromatic amines is 1. The number of rotatable bonds is 7. The van der Waals surface area contributed by atoms with E-state index in [-0.39, 0.29) is 11.6 Å². The van der Waals surface area contributed by atoms with Crippen LogP contribution in [0.2, 0.25) is 0 Å². The summed E-state index contributed by atoms with van der Waals surface area (Å²) in [5, 5.41) is 18.6. The third-order valence-electron chi connectivity index (χ3n) is 5.13. The fourth-order valence-electron chi connectivity index (χ4n) is 3.79. The Labute approximate surface area is 181 Å². The van der Waals surface area contributed by atoms with Gasteiger partial charge in [0.1, 0.15) is 5.69 Å². The van der Waals surface area contributed by atoms with Gasteiger partial charge in [0.2, 0.25) is 0 Å². The molecule has 1 amide bonds. The van der Waals surface area contributed by atoms with Crippen molar-refractivity contribution in [2.75, 3.05) is 20.3 Å². The number of nitrogens with one attached hydrogen (secondary N) is 1. The number of non-ortho nitro benzene ring substituents is 1. The van der Waals surface area contributed by atoms with Crippen LogP contribution in [0.1, 0.15) is 34.1 Å². The molecule has 9 heteroatoms. The Kier molecular flexibility index (Phi) is 5.65. The maximum absolute atomic E-state index is 13.2. The molecule has 8 nitrogen and oxygen atoms in total. The Balaban J connectivity index is 1.83. The minimum Gasteiger partial charge on any atom is -0.385 e. The van der Waals surface area contributed by atoms with E-state index in [1.807, 2.05) is 30.3 Å². The van der Waals surface area contributed by atoms with E-state index in [0.29, 0.717) is 36.5 Å². The largest absolute Gasteiger partial charge is 0.385 e. The molecule has 1 N–H and O–H groups in total. The first-order valence-electron chi connectivity index (χ1n) is 9.39. The number of carbonyl (C=O) groups is 1. The van der Waals surface area contributed by atoms with E-state index >= 15 is 0 Å². The average Bonchev–Trinajstić information content (AvgIpc) is 3.28. The lowest BCUT2D eigenvalue weighted by molar-refractivity contribution is -0.384. The summed E-state index contributed by atoms with van der Waals surface area (Å²) in [6, 6.07) is 13.6. The zero-order valence-corrected chi connectivity index (χ0v) is 17.8. The maximum Gasteiger partial charge on any atom is 0.273 e. The third-order valence-corrected chi connectivity index (χ3v) is 5.65. The van der Waals surface area contributed by atoms with E-state index in [9.17, 15) is 14.9 Å². The van der Waals surface area contributed by atoms with Gasteiger partial charge in [-0.05, 0) is 24.1 Å². The Bertz CT molecular complexity index is 1100. The van der Waals surface area contributed by atoms with Crippen molar-refractivity contribution in [3.8, 4) is 11.3 Å². The van der Waals surface area contributed by atoms with Crippen LogP contribution in [0.15, 0.2) is 53.0 Å². The molecule has 0 bridgehead atoms. The number of hydrogen-bond acceptors (Lipinski definition) is 5. The summed E-state index contributed by atoms with van der Waals surface area (Å²) < 4.78 is 6.08. The normalized spacial score (nSPS) is 15.5. The molecule has 0 fully saturated rings. The summed E-state index contributed by atoms with van der Waals surface area (Å²) in [7, 11) is 1.61. The second kappa shape index (κ2) is 8.37. The Morgan fingerprint density at radius 3 is 2.73 bits per heavy atom. The van der Waals surface area contributed by atoms with Crippen molar-refractivity contribution in [3.63, 3.8) is 0 Å². The SMILES string of the molecule is COCCCN1C(=O)c2[nH]nc(-c3ccc(Br)cc3)c2C1c1cccc([N+](=O)[O-])c1. The predicted molar refractivity (Wildman–Crippen MR) is 114 cm³/mol. The molecule has 0 radical (unpaired) electrons. The Hall–Kier alpha value is -3.04. The lowest BCUT2D eigenvalue weighted by Crippen LogP contribution is -2.31. The van der Waals surface area contributed by atoms with Crippen LogP contribution in [0.25, 0.3) is 11.3 Å². The lowest BCUT2D eigenvalue weighted by Gasteiger charge is -2.26. The molecule has 1 aliphatic heterocycles. The lowest BCUT2D eigenvalue weighted by atomic mass is 9.95. The van der Waals surface area contributed by atoms with Crippen LogP contribution in [-0.4, -0.2) is 46.2 Å². The van der Waals surface area contributed by atoms with Crippen molar-refractivity contribution in [2.24, 2.45) is 0 Å². The molecule has 4 rings (SSSR count). The highest BCUT2D eigenvalue weighted by atomic mass is 79.9. The van der Waals surface area contributed by atoms with E-state index in [1.165, 1.54) is 12.1 Å². The van der Waals surface area contributed by atoms with E-state index in [4.69, 9.17) is 4.74 Å². The van der Waals surface area contributed by atoms with E-state index in [0.717, 1.165) is 15.6 Å². The fourth-order valence-corrected chi connectivity index (χ4v) is 4.05. The first-order valence-corrected chi connectivity index (χ1v) is 10.2. The average molecular weight is 471 g/mol. The number of nitro groups is 1. The number of amides is 1. The van der Waals surface area contributed by atoms with Crippen LogP contribution in [0.4, 0.5) is 5.69 Å². The second-order valence-electron chi connectivity index (χ2n) is 6.97. The van der Waals surface area contributed by atoms with Crippen LogP contribution in [0.3, 0.4) is 0 Å². The first-order chi connectivity index (χ1) is 14.5. The Morgan fingerprint density at radius 1 is 1.27 bits per heavy atom. The van der Waals surface area contributed by atoms with Crippen molar-refractivity contribution < 1.29 is 14.5 Å². The van der Waals surface area contributed by atoms with Crippen LogP contribution in [0, 0.1) is 10.1 Å². The molecule has 1 aliphatic rings. The minimum atomic E-state index is -0.471. The van der Waals surface area contributed by atoms with Crippen molar-refractivity contribution in [3.05, 3.63) is 79.9 Å². The van der Waals surface area contributed by atoms with Gasteiger partial charge in [-0.3, -0.25) is 20.0 Å². The molecule has 0 aliphatic carbocycles. The summed E-state index contributed by atoms with van der Waals surface area (Å²) in [5.74, 6) is -0.173. The highest BCUT2D eigenvalue weighted by Crippen LogP contribution is 2.43. The molecule has 1 atom stereocenters.